The van der Waals surface area contributed by atoms with Crippen LogP contribution in [0.2, 0.25) is 5.02 Å². The zero-order valence-corrected chi connectivity index (χ0v) is 11.2. The summed E-state index contributed by atoms with van der Waals surface area (Å²) in [6.07, 6.45) is 3.32. The Morgan fingerprint density at radius 3 is 2.31 bits per heavy atom. The Morgan fingerprint density at radius 1 is 1.19 bits per heavy atom. The molecule has 0 aliphatic rings. The molecule has 1 nitrogen and oxygen atoms in total. The van der Waals surface area contributed by atoms with Gasteiger partial charge in [0.15, 0.2) is 0 Å². The van der Waals surface area contributed by atoms with Crippen molar-refractivity contribution in [3.05, 3.63) is 34.9 Å². The Labute approximate surface area is 104 Å². The van der Waals surface area contributed by atoms with Crippen LogP contribution in [0.3, 0.4) is 0 Å². The van der Waals surface area contributed by atoms with Gasteiger partial charge in [0.25, 0.3) is 0 Å². The highest BCUT2D eigenvalue weighted by Gasteiger charge is 2.21. The molecule has 1 rings (SSSR count). The van der Waals surface area contributed by atoms with Gasteiger partial charge in [-0.05, 0) is 37.5 Å². The summed E-state index contributed by atoms with van der Waals surface area (Å²) < 4.78 is 6.00. The summed E-state index contributed by atoms with van der Waals surface area (Å²) in [4.78, 5) is 0. The standard InChI is InChI=1S/C14H21ClO/c1-4-10-14(3,5-2)16-11-12-6-8-13(15)9-7-12/h6-9H,4-5,10-11H2,1-3H3. The fourth-order valence-electron chi connectivity index (χ4n) is 1.72. The molecule has 0 fully saturated rings. The minimum Gasteiger partial charge on any atom is -0.371 e. The van der Waals surface area contributed by atoms with E-state index in [1.165, 1.54) is 5.56 Å². The van der Waals surface area contributed by atoms with Crippen molar-refractivity contribution in [1.29, 1.82) is 0 Å². The maximum atomic E-state index is 6.00. The average Bonchev–Trinajstić information content (AvgIpc) is 2.29. The molecule has 0 saturated heterocycles. The highest BCUT2D eigenvalue weighted by molar-refractivity contribution is 6.30. The molecule has 0 aromatic heterocycles. The molecule has 0 N–H and O–H groups in total. The summed E-state index contributed by atoms with van der Waals surface area (Å²) in [6.45, 7) is 7.23. The Bertz CT molecular complexity index is 307. The second kappa shape index (κ2) is 6.27. The summed E-state index contributed by atoms with van der Waals surface area (Å²) in [5.74, 6) is 0. The Morgan fingerprint density at radius 2 is 1.81 bits per heavy atom. The van der Waals surface area contributed by atoms with Gasteiger partial charge in [-0.3, -0.25) is 0 Å². The SMILES string of the molecule is CCCC(C)(CC)OCc1ccc(Cl)cc1. The number of rotatable bonds is 6. The van der Waals surface area contributed by atoms with Crippen LogP contribution in [0.25, 0.3) is 0 Å². The van der Waals surface area contributed by atoms with Crippen molar-refractivity contribution >= 4 is 11.6 Å². The molecule has 1 aromatic carbocycles. The largest absolute Gasteiger partial charge is 0.371 e. The zero-order chi connectivity index (χ0) is 12.0. The third-order valence-electron chi connectivity index (χ3n) is 3.03. The highest BCUT2D eigenvalue weighted by atomic mass is 35.5. The monoisotopic (exact) mass is 240 g/mol. The first-order valence-corrected chi connectivity index (χ1v) is 6.36. The van der Waals surface area contributed by atoms with Gasteiger partial charge in [-0.25, -0.2) is 0 Å². The summed E-state index contributed by atoms with van der Waals surface area (Å²) in [5.41, 5.74) is 1.19. The maximum Gasteiger partial charge on any atom is 0.0724 e. The molecule has 0 amide bonds. The van der Waals surface area contributed by atoms with E-state index in [9.17, 15) is 0 Å². The lowest BCUT2D eigenvalue weighted by molar-refractivity contribution is -0.0519. The van der Waals surface area contributed by atoms with Crippen molar-refractivity contribution in [2.45, 2.75) is 52.2 Å². The predicted molar refractivity (Wildman–Crippen MR) is 69.8 cm³/mol. The van der Waals surface area contributed by atoms with Crippen LogP contribution in [-0.2, 0) is 11.3 Å². The molecule has 0 aliphatic carbocycles. The Kier molecular flexibility index (Phi) is 5.30. The van der Waals surface area contributed by atoms with Crippen LogP contribution in [0.15, 0.2) is 24.3 Å². The van der Waals surface area contributed by atoms with E-state index in [0.717, 1.165) is 24.3 Å². The number of hydrogen-bond acceptors (Lipinski definition) is 1. The number of ether oxygens (including phenoxy) is 1. The van der Waals surface area contributed by atoms with E-state index in [0.29, 0.717) is 6.61 Å². The molecule has 0 radical (unpaired) electrons. The lowest BCUT2D eigenvalue weighted by Crippen LogP contribution is -2.27. The highest BCUT2D eigenvalue weighted by Crippen LogP contribution is 2.23. The fourth-order valence-corrected chi connectivity index (χ4v) is 1.84. The van der Waals surface area contributed by atoms with Gasteiger partial charge in [-0.15, -0.1) is 0 Å². The molecular weight excluding hydrogens is 220 g/mol. The van der Waals surface area contributed by atoms with E-state index >= 15 is 0 Å². The molecule has 1 unspecified atom stereocenters. The Balaban J connectivity index is 2.52. The zero-order valence-electron chi connectivity index (χ0n) is 10.4. The van der Waals surface area contributed by atoms with E-state index in [1.807, 2.05) is 24.3 Å². The van der Waals surface area contributed by atoms with Crippen LogP contribution in [-0.4, -0.2) is 5.60 Å². The molecule has 16 heavy (non-hydrogen) atoms. The normalized spacial score (nSPS) is 14.8. The molecule has 1 aromatic rings. The van der Waals surface area contributed by atoms with Gasteiger partial charge in [0, 0.05) is 5.02 Å². The number of benzene rings is 1. The summed E-state index contributed by atoms with van der Waals surface area (Å²) >= 11 is 5.84. The van der Waals surface area contributed by atoms with Crippen molar-refractivity contribution in [3.8, 4) is 0 Å². The average molecular weight is 241 g/mol. The smallest absolute Gasteiger partial charge is 0.0724 e. The van der Waals surface area contributed by atoms with Gasteiger partial charge in [0.05, 0.1) is 12.2 Å². The van der Waals surface area contributed by atoms with Crippen molar-refractivity contribution in [2.75, 3.05) is 0 Å². The molecule has 0 bridgehead atoms. The molecule has 0 aliphatic heterocycles. The topological polar surface area (TPSA) is 9.23 Å². The number of halogens is 1. The summed E-state index contributed by atoms with van der Waals surface area (Å²) in [7, 11) is 0. The molecule has 0 saturated carbocycles. The fraction of sp³-hybridized carbons (Fsp3) is 0.571. The van der Waals surface area contributed by atoms with Crippen LogP contribution in [0, 0.1) is 0 Å². The minimum absolute atomic E-state index is 0.00832. The van der Waals surface area contributed by atoms with Crippen LogP contribution in [0.1, 0.15) is 45.6 Å². The van der Waals surface area contributed by atoms with Crippen molar-refractivity contribution in [2.24, 2.45) is 0 Å². The van der Waals surface area contributed by atoms with E-state index in [2.05, 4.69) is 20.8 Å². The third kappa shape index (κ3) is 4.15. The lowest BCUT2D eigenvalue weighted by atomic mass is 9.97. The minimum atomic E-state index is 0.00832. The van der Waals surface area contributed by atoms with Gasteiger partial charge < -0.3 is 4.74 Å². The van der Waals surface area contributed by atoms with Crippen LogP contribution >= 0.6 is 11.6 Å². The quantitative estimate of drug-likeness (QED) is 0.692. The first-order chi connectivity index (χ1) is 7.59. The first kappa shape index (κ1) is 13.5. The van der Waals surface area contributed by atoms with Gasteiger partial charge in [-0.1, -0.05) is 44.0 Å². The van der Waals surface area contributed by atoms with E-state index in [4.69, 9.17) is 16.3 Å². The van der Waals surface area contributed by atoms with Crippen molar-refractivity contribution in [1.82, 2.24) is 0 Å². The second-order valence-corrected chi connectivity index (χ2v) is 4.91. The summed E-state index contributed by atoms with van der Waals surface area (Å²) in [6, 6.07) is 7.85. The molecule has 0 heterocycles. The van der Waals surface area contributed by atoms with Gasteiger partial charge in [-0.2, -0.15) is 0 Å². The number of hydrogen-bond donors (Lipinski definition) is 0. The van der Waals surface area contributed by atoms with E-state index in [-0.39, 0.29) is 5.60 Å². The van der Waals surface area contributed by atoms with Crippen LogP contribution < -0.4 is 0 Å². The molecule has 2 heteroatoms. The third-order valence-corrected chi connectivity index (χ3v) is 3.28. The molecular formula is C14H21ClO. The maximum absolute atomic E-state index is 6.00. The second-order valence-electron chi connectivity index (χ2n) is 4.47. The van der Waals surface area contributed by atoms with Gasteiger partial charge in [0.2, 0.25) is 0 Å². The van der Waals surface area contributed by atoms with Crippen LogP contribution in [0.4, 0.5) is 0 Å². The first-order valence-electron chi connectivity index (χ1n) is 5.98. The van der Waals surface area contributed by atoms with Crippen molar-refractivity contribution < 1.29 is 4.74 Å². The van der Waals surface area contributed by atoms with Gasteiger partial charge in [0.1, 0.15) is 0 Å². The Hall–Kier alpha value is -0.530. The lowest BCUT2D eigenvalue weighted by Gasteiger charge is -2.28. The van der Waals surface area contributed by atoms with E-state index in [1.54, 1.807) is 0 Å². The van der Waals surface area contributed by atoms with Gasteiger partial charge >= 0.3 is 0 Å². The van der Waals surface area contributed by atoms with Crippen LogP contribution in [0.5, 0.6) is 0 Å². The molecule has 0 spiro atoms. The molecule has 1 atom stereocenters. The molecule has 90 valence electrons. The summed E-state index contributed by atoms with van der Waals surface area (Å²) in [5, 5.41) is 0.774. The van der Waals surface area contributed by atoms with E-state index < -0.39 is 0 Å². The predicted octanol–water partition coefficient (Wildman–Crippen LogP) is 4.83. The van der Waals surface area contributed by atoms with Crippen molar-refractivity contribution in [3.63, 3.8) is 0 Å².